The van der Waals surface area contributed by atoms with Gasteiger partial charge in [0.2, 0.25) is 0 Å². The average Bonchev–Trinajstić information content (AvgIpc) is 3.14. The number of aromatic nitrogens is 1. The van der Waals surface area contributed by atoms with Crippen molar-refractivity contribution in [3.63, 3.8) is 0 Å². The fraction of sp³-hybridized carbons (Fsp3) is 0.286. The van der Waals surface area contributed by atoms with Crippen LogP contribution in [0.2, 0.25) is 0 Å². The van der Waals surface area contributed by atoms with Crippen molar-refractivity contribution >= 4 is 22.8 Å². The molecule has 1 aromatic heterocycles. The summed E-state index contributed by atoms with van der Waals surface area (Å²) in [6.45, 7) is 2.74. The molecule has 0 aliphatic rings. The highest BCUT2D eigenvalue weighted by atomic mass is 16.5. The zero-order valence-electron chi connectivity index (χ0n) is 16.1. The number of rotatable bonds is 10. The summed E-state index contributed by atoms with van der Waals surface area (Å²) in [5.74, 6) is 0.492. The van der Waals surface area contributed by atoms with E-state index in [1.54, 1.807) is 18.2 Å². The maximum Gasteiger partial charge on any atom is 0.312 e. The van der Waals surface area contributed by atoms with Gasteiger partial charge in [-0.2, -0.15) is 0 Å². The fourth-order valence-corrected chi connectivity index (χ4v) is 2.61. The van der Waals surface area contributed by atoms with E-state index < -0.39 is 11.9 Å². The standard InChI is InChI=1S/C21H22N2O6/c1-2-26-15-7-9-16(10-8-15)27-12-11-22-20(24)14-28-21(25)13-18-17-5-3-4-6-19(17)29-23-18/h3-10H,2,11-14H2,1H3,(H,22,24). The Labute approximate surface area is 167 Å². The Morgan fingerprint density at radius 2 is 1.76 bits per heavy atom. The molecule has 0 spiro atoms. The molecule has 29 heavy (non-hydrogen) atoms. The Morgan fingerprint density at radius 1 is 1.03 bits per heavy atom. The van der Waals surface area contributed by atoms with Crippen LogP contribution < -0.4 is 14.8 Å². The minimum Gasteiger partial charge on any atom is -0.494 e. The van der Waals surface area contributed by atoms with Crippen LogP contribution in [0.1, 0.15) is 12.6 Å². The summed E-state index contributed by atoms with van der Waals surface area (Å²) in [6, 6.07) is 14.4. The van der Waals surface area contributed by atoms with E-state index in [0.717, 1.165) is 11.1 Å². The Kier molecular flexibility index (Phi) is 7.05. The summed E-state index contributed by atoms with van der Waals surface area (Å²) in [7, 11) is 0. The Hall–Kier alpha value is -3.55. The maximum atomic E-state index is 11.9. The summed E-state index contributed by atoms with van der Waals surface area (Å²) < 4.78 is 21.0. The molecule has 0 atom stereocenters. The lowest BCUT2D eigenvalue weighted by atomic mass is 10.2. The van der Waals surface area contributed by atoms with E-state index in [1.165, 1.54) is 0 Å². The van der Waals surface area contributed by atoms with Gasteiger partial charge in [-0.05, 0) is 43.3 Å². The summed E-state index contributed by atoms with van der Waals surface area (Å²) in [5, 5.41) is 7.25. The third kappa shape index (κ3) is 5.97. The Morgan fingerprint density at radius 3 is 2.52 bits per heavy atom. The van der Waals surface area contributed by atoms with Crippen LogP contribution in [0, 0.1) is 0 Å². The lowest BCUT2D eigenvalue weighted by Crippen LogP contribution is -2.32. The van der Waals surface area contributed by atoms with E-state index in [9.17, 15) is 9.59 Å². The van der Waals surface area contributed by atoms with Crippen molar-refractivity contribution in [1.29, 1.82) is 0 Å². The molecule has 2 aromatic carbocycles. The highest BCUT2D eigenvalue weighted by Crippen LogP contribution is 2.18. The van der Waals surface area contributed by atoms with Gasteiger partial charge in [-0.3, -0.25) is 9.59 Å². The van der Waals surface area contributed by atoms with Crippen LogP contribution in [0.5, 0.6) is 11.5 Å². The number of nitrogens with one attached hydrogen (secondary N) is 1. The van der Waals surface area contributed by atoms with E-state index in [0.29, 0.717) is 30.2 Å². The molecular formula is C21H22N2O6. The van der Waals surface area contributed by atoms with Crippen molar-refractivity contribution < 1.29 is 28.3 Å². The minimum atomic E-state index is -0.551. The molecular weight excluding hydrogens is 376 g/mol. The molecule has 8 nitrogen and oxygen atoms in total. The molecule has 0 saturated carbocycles. The van der Waals surface area contributed by atoms with Crippen LogP contribution in [-0.4, -0.2) is 43.4 Å². The molecule has 1 amide bonds. The van der Waals surface area contributed by atoms with Crippen molar-refractivity contribution in [2.45, 2.75) is 13.3 Å². The molecule has 0 aliphatic carbocycles. The van der Waals surface area contributed by atoms with Crippen molar-refractivity contribution in [3.8, 4) is 11.5 Å². The number of hydrogen-bond donors (Lipinski definition) is 1. The van der Waals surface area contributed by atoms with Crippen molar-refractivity contribution in [2.75, 3.05) is 26.4 Å². The van der Waals surface area contributed by atoms with Crippen LogP contribution in [0.15, 0.2) is 53.1 Å². The van der Waals surface area contributed by atoms with Crippen LogP contribution in [0.4, 0.5) is 0 Å². The lowest BCUT2D eigenvalue weighted by molar-refractivity contribution is -0.147. The van der Waals surface area contributed by atoms with Crippen LogP contribution >= 0.6 is 0 Å². The Balaban J connectivity index is 1.33. The topological polar surface area (TPSA) is 99.9 Å². The van der Waals surface area contributed by atoms with Gasteiger partial charge in [0, 0.05) is 5.39 Å². The van der Waals surface area contributed by atoms with E-state index in [1.807, 2.05) is 37.3 Å². The van der Waals surface area contributed by atoms with Gasteiger partial charge < -0.3 is 24.1 Å². The average molecular weight is 398 g/mol. The number of nitrogens with zero attached hydrogens (tertiary/aromatic N) is 1. The number of fused-ring (bicyclic) bond motifs is 1. The molecule has 3 rings (SSSR count). The van der Waals surface area contributed by atoms with E-state index in [-0.39, 0.29) is 19.6 Å². The second kappa shape index (κ2) is 10.1. The molecule has 8 heteroatoms. The quantitative estimate of drug-likeness (QED) is 0.414. The molecule has 3 aromatic rings. The first-order chi connectivity index (χ1) is 14.2. The molecule has 0 bridgehead atoms. The lowest BCUT2D eigenvalue weighted by Gasteiger charge is -2.09. The highest BCUT2D eigenvalue weighted by Gasteiger charge is 2.14. The zero-order chi connectivity index (χ0) is 20.5. The summed E-state index contributed by atoms with van der Waals surface area (Å²) in [5.41, 5.74) is 1.08. The molecule has 0 radical (unpaired) electrons. The number of hydrogen-bond acceptors (Lipinski definition) is 7. The molecule has 0 aliphatic heterocycles. The molecule has 0 saturated heterocycles. The molecule has 0 unspecified atom stereocenters. The summed E-state index contributed by atoms with van der Waals surface area (Å²) in [4.78, 5) is 23.7. The van der Waals surface area contributed by atoms with Gasteiger partial charge in [0.15, 0.2) is 12.2 Å². The largest absolute Gasteiger partial charge is 0.494 e. The summed E-state index contributed by atoms with van der Waals surface area (Å²) in [6.07, 6.45) is -0.0643. The van der Waals surface area contributed by atoms with Gasteiger partial charge in [-0.15, -0.1) is 0 Å². The number of carbonyl (C=O) groups excluding carboxylic acids is 2. The van der Waals surface area contributed by atoms with Gasteiger partial charge in [-0.1, -0.05) is 17.3 Å². The maximum absolute atomic E-state index is 11.9. The first-order valence-electron chi connectivity index (χ1n) is 9.27. The minimum absolute atomic E-state index is 0.0643. The van der Waals surface area contributed by atoms with Crippen molar-refractivity contribution in [1.82, 2.24) is 10.5 Å². The highest BCUT2D eigenvalue weighted by molar-refractivity contribution is 5.85. The van der Waals surface area contributed by atoms with Crippen molar-refractivity contribution in [2.24, 2.45) is 0 Å². The van der Waals surface area contributed by atoms with Crippen molar-refractivity contribution in [3.05, 3.63) is 54.2 Å². The molecule has 1 N–H and O–H groups in total. The monoisotopic (exact) mass is 398 g/mol. The third-order valence-electron chi connectivity index (χ3n) is 3.96. The van der Waals surface area contributed by atoms with Crippen LogP contribution in [0.25, 0.3) is 11.0 Å². The molecule has 152 valence electrons. The van der Waals surface area contributed by atoms with Gasteiger partial charge in [0.05, 0.1) is 19.6 Å². The van der Waals surface area contributed by atoms with Crippen LogP contribution in [-0.2, 0) is 20.7 Å². The second-order valence-corrected chi connectivity index (χ2v) is 6.07. The third-order valence-corrected chi connectivity index (χ3v) is 3.96. The number of para-hydroxylation sites is 1. The number of ether oxygens (including phenoxy) is 3. The number of amides is 1. The molecule has 1 heterocycles. The normalized spacial score (nSPS) is 10.5. The first-order valence-corrected chi connectivity index (χ1v) is 9.27. The smallest absolute Gasteiger partial charge is 0.312 e. The second-order valence-electron chi connectivity index (χ2n) is 6.07. The molecule has 0 fully saturated rings. The van der Waals surface area contributed by atoms with Crippen LogP contribution in [0.3, 0.4) is 0 Å². The zero-order valence-corrected chi connectivity index (χ0v) is 16.1. The Bertz CT molecular complexity index is 951. The van der Waals surface area contributed by atoms with E-state index in [2.05, 4.69) is 10.5 Å². The predicted molar refractivity (Wildman–Crippen MR) is 105 cm³/mol. The first kappa shape index (κ1) is 20.2. The van der Waals surface area contributed by atoms with E-state index >= 15 is 0 Å². The predicted octanol–water partition coefficient (Wildman–Crippen LogP) is 2.51. The number of esters is 1. The van der Waals surface area contributed by atoms with Gasteiger partial charge >= 0.3 is 5.97 Å². The summed E-state index contributed by atoms with van der Waals surface area (Å²) >= 11 is 0. The number of benzene rings is 2. The van der Waals surface area contributed by atoms with Gasteiger partial charge in [-0.25, -0.2) is 0 Å². The van der Waals surface area contributed by atoms with Gasteiger partial charge in [0.1, 0.15) is 23.8 Å². The SMILES string of the molecule is CCOc1ccc(OCCNC(=O)COC(=O)Cc2noc3ccccc23)cc1. The van der Waals surface area contributed by atoms with E-state index in [4.69, 9.17) is 18.7 Å². The van der Waals surface area contributed by atoms with Gasteiger partial charge in [0.25, 0.3) is 5.91 Å². The number of carbonyl (C=O) groups is 2. The fourth-order valence-electron chi connectivity index (χ4n) is 2.61.